The Bertz CT molecular complexity index is 731. The molecule has 0 unspecified atom stereocenters. The number of aromatic nitrogens is 2. The van der Waals surface area contributed by atoms with Crippen molar-refractivity contribution >= 4 is 40.6 Å². The predicted molar refractivity (Wildman–Crippen MR) is 80.9 cm³/mol. The van der Waals surface area contributed by atoms with Crippen molar-refractivity contribution in [3.8, 4) is 0 Å². The van der Waals surface area contributed by atoms with E-state index in [-0.39, 0.29) is 5.24 Å². The molecule has 0 aliphatic carbocycles. The number of hydrogen-bond donors (Lipinski definition) is 2. The topological polar surface area (TPSA) is 84.0 Å². The highest BCUT2D eigenvalue weighted by Gasteiger charge is 2.25. The maximum absolute atomic E-state index is 11.5. The van der Waals surface area contributed by atoms with Crippen LogP contribution < -0.4 is 10.6 Å². The van der Waals surface area contributed by atoms with Crippen molar-refractivity contribution in [2.45, 2.75) is 0 Å². The Labute approximate surface area is 124 Å². The molecule has 7 heteroatoms. The SMILES string of the molecule is O=C1NC(=O)C(=Cc2ccnc(Nc3ccccc3)n2)S1. The van der Waals surface area contributed by atoms with Crippen LogP contribution in [0.25, 0.3) is 6.08 Å². The highest BCUT2D eigenvalue weighted by Crippen LogP contribution is 2.25. The molecule has 1 fully saturated rings. The molecule has 0 saturated carbocycles. The van der Waals surface area contributed by atoms with Crippen LogP contribution in [0.4, 0.5) is 16.4 Å². The molecule has 1 aromatic heterocycles. The molecule has 2 heterocycles. The van der Waals surface area contributed by atoms with E-state index in [1.54, 1.807) is 18.3 Å². The number of imide groups is 1. The molecule has 0 bridgehead atoms. The van der Waals surface area contributed by atoms with Crippen molar-refractivity contribution in [1.29, 1.82) is 0 Å². The van der Waals surface area contributed by atoms with Gasteiger partial charge in [0.15, 0.2) is 0 Å². The smallest absolute Gasteiger partial charge is 0.290 e. The number of amides is 2. The van der Waals surface area contributed by atoms with Gasteiger partial charge < -0.3 is 5.32 Å². The van der Waals surface area contributed by atoms with Gasteiger partial charge in [0.25, 0.3) is 11.1 Å². The lowest BCUT2D eigenvalue weighted by Gasteiger charge is -2.04. The largest absolute Gasteiger partial charge is 0.324 e. The number of carbonyl (C=O) groups is 2. The van der Waals surface area contributed by atoms with Crippen molar-refractivity contribution in [2.75, 3.05) is 5.32 Å². The van der Waals surface area contributed by atoms with Crippen LogP contribution in [0.1, 0.15) is 5.69 Å². The van der Waals surface area contributed by atoms with E-state index in [9.17, 15) is 9.59 Å². The van der Waals surface area contributed by atoms with E-state index in [1.165, 1.54) is 0 Å². The summed E-state index contributed by atoms with van der Waals surface area (Å²) in [5.41, 5.74) is 1.42. The Morgan fingerprint density at radius 3 is 2.67 bits per heavy atom. The van der Waals surface area contributed by atoms with Crippen LogP contribution in [0, 0.1) is 0 Å². The van der Waals surface area contributed by atoms with Crippen LogP contribution in [-0.2, 0) is 4.79 Å². The molecule has 0 spiro atoms. The number of nitrogens with one attached hydrogen (secondary N) is 2. The number of hydrogen-bond acceptors (Lipinski definition) is 6. The number of para-hydroxylation sites is 1. The van der Waals surface area contributed by atoms with E-state index >= 15 is 0 Å². The molecule has 1 saturated heterocycles. The molecular formula is C14H10N4O2S. The zero-order chi connectivity index (χ0) is 14.7. The number of nitrogens with zero attached hydrogens (tertiary/aromatic N) is 2. The molecule has 6 nitrogen and oxygen atoms in total. The summed E-state index contributed by atoms with van der Waals surface area (Å²) in [5, 5.41) is 4.89. The van der Waals surface area contributed by atoms with Gasteiger partial charge in [-0.15, -0.1) is 0 Å². The Hall–Kier alpha value is -2.67. The Kier molecular flexibility index (Phi) is 3.65. The maximum atomic E-state index is 11.5. The summed E-state index contributed by atoms with van der Waals surface area (Å²) < 4.78 is 0. The molecule has 0 atom stereocenters. The van der Waals surface area contributed by atoms with Crippen LogP contribution in [0.2, 0.25) is 0 Å². The molecule has 2 amide bonds. The van der Waals surface area contributed by atoms with Gasteiger partial charge in [-0.25, -0.2) is 9.97 Å². The monoisotopic (exact) mass is 298 g/mol. The lowest BCUT2D eigenvalue weighted by Crippen LogP contribution is -2.17. The normalized spacial score (nSPS) is 16.1. The number of carbonyl (C=O) groups excluding carboxylic acids is 2. The van der Waals surface area contributed by atoms with Gasteiger partial charge in [-0.3, -0.25) is 14.9 Å². The first-order chi connectivity index (χ1) is 10.2. The van der Waals surface area contributed by atoms with Crippen LogP contribution in [0.3, 0.4) is 0 Å². The van der Waals surface area contributed by atoms with Gasteiger partial charge in [0.1, 0.15) is 0 Å². The summed E-state index contributed by atoms with van der Waals surface area (Å²) in [6.45, 7) is 0. The molecular weight excluding hydrogens is 288 g/mol. The molecule has 1 aromatic carbocycles. The van der Waals surface area contributed by atoms with Gasteiger partial charge in [0.2, 0.25) is 5.95 Å². The second-order valence-corrected chi connectivity index (χ2v) is 5.16. The fraction of sp³-hybridized carbons (Fsp3) is 0. The minimum absolute atomic E-state index is 0.323. The first kappa shape index (κ1) is 13.3. The zero-order valence-electron chi connectivity index (χ0n) is 10.7. The minimum atomic E-state index is -0.402. The first-order valence-corrected chi connectivity index (χ1v) is 6.92. The zero-order valence-corrected chi connectivity index (χ0v) is 11.6. The summed E-state index contributed by atoms with van der Waals surface area (Å²) in [4.78, 5) is 31.3. The fourth-order valence-corrected chi connectivity index (χ4v) is 2.39. The summed E-state index contributed by atoms with van der Waals surface area (Å²) >= 11 is 0.859. The highest BCUT2D eigenvalue weighted by atomic mass is 32.2. The second kappa shape index (κ2) is 5.76. The van der Waals surface area contributed by atoms with Gasteiger partial charge in [-0.2, -0.15) is 0 Å². The van der Waals surface area contributed by atoms with Gasteiger partial charge >= 0.3 is 0 Å². The number of benzene rings is 1. The number of thioether (sulfide) groups is 1. The molecule has 0 radical (unpaired) electrons. The quantitative estimate of drug-likeness (QED) is 0.847. The second-order valence-electron chi connectivity index (χ2n) is 4.15. The molecule has 3 rings (SSSR count). The van der Waals surface area contributed by atoms with Gasteiger partial charge in [-0.05, 0) is 36.0 Å². The lowest BCUT2D eigenvalue weighted by molar-refractivity contribution is -0.115. The Morgan fingerprint density at radius 2 is 1.95 bits per heavy atom. The van der Waals surface area contributed by atoms with Crippen molar-refractivity contribution in [1.82, 2.24) is 15.3 Å². The standard InChI is InChI=1S/C14H10N4O2S/c19-12-11(21-14(20)18-12)8-10-6-7-15-13(17-10)16-9-4-2-1-3-5-9/h1-8H,(H,15,16,17)(H,18,19,20). The summed E-state index contributed by atoms with van der Waals surface area (Å²) in [6.07, 6.45) is 3.15. The van der Waals surface area contributed by atoms with Crippen LogP contribution in [0.15, 0.2) is 47.5 Å². The van der Waals surface area contributed by atoms with Gasteiger partial charge in [-0.1, -0.05) is 18.2 Å². The third kappa shape index (κ3) is 3.26. The van der Waals surface area contributed by atoms with Crippen molar-refractivity contribution < 1.29 is 9.59 Å². The van der Waals surface area contributed by atoms with Crippen molar-refractivity contribution in [3.05, 3.63) is 53.2 Å². The van der Waals surface area contributed by atoms with E-state index < -0.39 is 5.91 Å². The first-order valence-electron chi connectivity index (χ1n) is 6.11. The molecule has 2 N–H and O–H groups in total. The van der Waals surface area contributed by atoms with E-state index in [4.69, 9.17) is 0 Å². The molecule has 1 aliphatic rings. The number of rotatable bonds is 3. The summed E-state index contributed by atoms with van der Waals surface area (Å²) in [6, 6.07) is 11.2. The Balaban J connectivity index is 1.82. The molecule has 1 aliphatic heterocycles. The average molecular weight is 298 g/mol. The van der Waals surface area contributed by atoms with E-state index in [2.05, 4.69) is 20.6 Å². The van der Waals surface area contributed by atoms with E-state index in [1.807, 2.05) is 30.3 Å². The van der Waals surface area contributed by atoms with Crippen molar-refractivity contribution in [3.63, 3.8) is 0 Å². The number of anilines is 2. The van der Waals surface area contributed by atoms with E-state index in [0.717, 1.165) is 17.4 Å². The van der Waals surface area contributed by atoms with Crippen LogP contribution in [0.5, 0.6) is 0 Å². The molecule has 104 valence electrons. The molecule has 21 heavy (non-hydrogen) atoms. The van der Waals surface area contributed by atoms with Gasteiger partial charge in [0.05, 0.1) is 10.6 Å². The minimum Gasteiger partial charge on any atom is -0.324 e. The van der Waals surface area contributed by atoms with E-state index in [0.29, 0.717) is 16.5 Å². The lowest BCUT2D eigenvalue weighted by atomic mass is 10.3. The third-order valence-corrected chi connectivity index (χ3v) is 3.44. The highest BCUT2D eigenvalue weighted by molar-refractivity contribution is 8.18. The predicted octanol–water partition coefficient (Wildman–Crippen LogP) is 2.54. The fourth-order valence-electron chi connectivity index (χ4n) is 1.72. The maximum Gasteiger partial charge on any atom is 0.290 e. The Morgan fingerprint density at radius 1 is 1.14 bits per heavy atom. The van der Waals surface area contributed by atoms with Gasteiger partial charge in [0, 0.05) is 11.9 Å². The van der Waals surface area contributed by atoms with Crippen molar-refractivity contribution in [2.24, 2.45) is 0 Å². The summed E-state index contributed by atoms with van der Waals surface area (Å²) in [7, 11) is 0. The summed E-state index contributed by atoms with van der Waals surface area (Å²) in [5.74, 6) is 0.0199. The van der Waals surface area contributed by atoms with Crippen LogP contribution >= 0.6 is 11.8 Å². The molecule has 2 aromatic rings. The third-order valence-electron chi connectivity index (χ3n) is 2.63. The van der Waals surface area contributed by atoms with Crippen LogP contribution in [-0.4, -0.2) is 21.1 Å². The average Bonchev–Trinajstić information content (AvgIpc) is 2.78.